The van der Waals surface area contributed by atoms with Crippen LogP contribution in [-0.2, 0) is 4.74 Å². The van der Waals surface area contributed by atoms with Gasteiger partial charge in [0.05, 0.1) is 0 Å². The molecule has 0 aliphatic carbocycles. The number of aliphatic hydroxyl groups is 1. The minimum atomic E-state index is -0.734. The molecule has 0 saturated carbocycles. The molecule has 38 valence electrons. The molecule has 0 rings (SSSR count). The van der Waals surface area contributed by atoms with Gasteiger partial charge in [-0.25, -0.2) is 0 Å². The van der Waals surface area contributed by atoms with Gasteiger partial charge in [-0.05, 0) is 6.92 Å². The first-order valence-electron chi connectivity index (χ1n) is 1.63. The summed E-state index contributed by atoms with van der Waals surface area (Å²) in [6.45, 7) is 1.50. The van der Waals surface area contributed by atoms with Crippen LogP contribution in [0, 0.1) is 0 Å². The molecule has 0 saturated heterocycles. The second kappa shape index (κ2) is 3.40. The summed E-state index contributed by atoms with van der Waals surface area (Å²) in [6.07, 6.45) is -0.734. The zero-order valence-electron chi connectivity index (χ0n) is 3.52. The van der Waals surface area contributed by atoms with Crippen molar-refractivity contribution in [3.63, 3.8) is 0 Å². The van der Waals surface area contributed by atoms with Crippen LogP contribution in [0.2, 0.25) is 0 Å². The van der Waals surface area contributed by atoms with Crippen molar-refractivity contribution in [2.75, 3.05) is 6.07 Å². The summed E-state index contributed by atoms with van der Waals surface area (Å²) < 4.78 is 4.36. The van der Waals surface area contributed by atoms with E-state index in [-0.39, 0.29) is 6.07 Å². The Hall–Kier alpha value is 0.210. The fourth-order valence-electron chi connectivity index (χ4n) is 0.0912. The number of hydrogen-bond donors (Lipinski definition) is 1. The highest BCUT2D eigenvalue weighted by Crippen LogP contribution is 1.83. The molecule has 0 radical (unpaired) electrons. The molecule has 0 aromatic heterocycles. The lowest BCUT2D eigenvalue weighted by atomic mass is 10.8. The average molecular weight is 111 g/mol. The van der Waals surface area contributed by atoms with Gasteiger partial charge < -0.3 is 9.84 Å². The van der Waals surface area contributed by atoms with Gasteiger partial charge in [-0.3, -0.25) is 0 Å². The molecule has 0 bridgehead atoms. The smallest absolute Gasteiger partial charge is 0.153 e. The van der Waals surface area contributed by atoms with Crippen LogP contribution >= 0.6 is 11.6 Å². The van der Waals surface area contributed by atoms with E-state index in [2.05, 4.69) is 4.74 Å². The number of halogens is 1. The van der Waals surface area contributed by atoms with Crippen molar-refractivity contribution < 1.29 is 9.84 Å². The first-order chi connectivity index (χ1) is 2.77. The Morgan fingerprint density at radius 3 is 2.50 bits per heavy atom. The Morgan fingerprint density at radius 1 is 2.00 bits per heavy atom. The van der Waals surface area contributed by atoms with E-state index < -0.39 is 6.29 Å². The molecule has 6 heavy (non-hydrogen) atoms. The first kappa shape index (κ1) is 6.21. The third-order valence-corrected chi connectivity index (χ3v) is 0.430. The second-order valence-corrected chi connectivity index (χ2v) is 1.09. The van der Waals surface area contributed by atoms with Crippen LogP contribution < -0.4 is 0 Å². The van der Waals surface area contributed by atoms with Gasteiger partial charge in [0.15, 0.2) is 6.29 Å². The Kier molecular flexibility index (Phi) is 3.52. The van der Waals surface area contributed by atoms with E-state index in [0.29, 0.717) is 0 Å². The number of alkyl halides is 1. The summed E-state index contributed by atoms with van der Waals surface area (Å²) >= 11 is 5.01. The summed E-state index contributed by atoms with van der Waals surface area (Å²) in [7, 11) is 0. The maximum Gasteiger partial charge on any atom is 0.153 e. The molecule has 0 fully saturated rings. The molecule has 0 spiro atoms. The maximum absolute atomic E-state index is 8.25. The largest absolute Gasteiger partial charge is 0.368 e. The maximum atomic E-state index is 8.25. The zero-order valence-corrected chi connectivity index (χ0v) is 4.27. The van der Waals surface area contributed by atoms with Crippen LogP contribution in [0.3, 0.4) is 0 Å². The van der Waals surface area contributed by atoms with E-state index in [1.54, 1.807) is 0 Å². The van der Waals surface area contributed by atoms with E-state index >= 15 is 0 Å². The van der Waals surface area contributed by atoms with Crippen molar-refractivity contribution in [3.8, 4) is 0 Å². The van der Waals surface area contributed by atoms with Crippen LogP contribution in [0.5, 0.6) is 0 Å². The molecule has 0 aromatic rings. The van der Waals surface area contributed by atoms with Gasteiger partial charge in [0.1, 0.15) is 6.07 Å². The second-order valence-electron chi connectivity index (χ2n) is 0.875. The molecule has 0 aromatic carbocycles. The molecule has 1 atom stereocenters. The summed E-state index contributed by atoms with van der Waals surface area (Å²) in [6, 6.07) is 0.0532. The molecule has 0 aliphatic rings. The zero-order chi connectivity index (χ0) is 4.99. The Morgan fingerprint density at radius 2 is 2.50 bits per heavy atom. The van der Waals surface area contributed by atoms with Crippen LogP contribution in [0.4, 0.5) is 0 Å². The van der Waals surface area contributed by atoms with E-state index in [1.807, 2.05) is 0 Å². The van der Waals surface area contributed by atoms with Gasteiger partial charge in [0, 0.05) is 0 Å². The van der Waals surface area contributed by atoms with E-state index in [0.717, 1.165) is 0 Å². The first-order valence-corrected chi connectivity index (χ1v) is 2.16. The minimum absolute atomic E-state index is 0.0532. The normalized spacial score (nSPS) is 14.5. The monoisotopic (exact) mass is 110 g/mol. The highest BCUT2D eigenvalue weighted by atomic mass is 35.5. The summed E-state index contributed by atoms with van der Waals surface area (Å²) in [4.78, 5) is 0. The Bertz CT molecular complexity index is 30.0. The summed E-state index contributed by atoms with van der Waals surface area (Å²) in [5.41, 5.74) is 0. The number of hydrogen-bond acceptors (Lipinski definition) is 2. The third-order valence-electron chi connectivity index (χ3n) is 0.304. The molecule has 0 aliphatic heterocycles. The lowest BCUT2D eigenvalue weighted by Crippen LogP contribution is -2.03. The molecule has 1 N–H and O–H groups in total. The molecular formula is C3H7ClO2. The van der Waals surface area contributed by atoms with Gasteiger partial charge in [0.2, 0.25) is 0 Å². The molecule has 2 nitrogen and oxygen atoms in total. The van der Waals surface area contributed by atoms with Crippen molar-refractivity contribution in [2.24, 2.45) is 0 Å². The lowest BCUT2D eigenvalue weighted by molar-refractivity contribution is -0.0670. The van der Waals surface area contributed by atoms with Crippen molar-refractivity contribution in [2.45, 2.75) is 13.2 Å². The van der Waals surface area contributed by atoms with Crippen LogP contribution in [0.25, 0.3) is 0 Å². The van der Waals surface area contributed by atoms with E-state index in [1.165, 1.54) is 6.92 Å². The highest BCUT2D eigenvalue weighted by molar-refractivity contribution is 6.17. The quantitative estimate of drug-likeness (QED) is 0.415. The molecule has 1 unspecified atom stereocenters. The Labute approximate surface area is 41.7 Å². The highest BCUT2D eigenvalue weighted by Gasteiger charge is 1.86. The van der Waals surface area contributed by atoms with E-state index in [4.69, 9.17) is 16.7 Å². The molecule has 0 heterocycles. The SMILES string of the molecule is CC(O)OCCl. The molecule has 3 heteroatoms. The van der Waals surface area contributed by atoms with Crippen molar-refractivity contribution in [1.82, 2.24) is 0 Å². The van der Waals surface area contributed by atoms with Crippen LogP contribution in [0.1, 0.15) is 6.92 Å². The van der Waals surface area contributed by atoms with E-state index in [9.17, 15) is 0 Å². The third kappa shape index (κ3) is 4.21. The fourth-order valence-corrected chi connectivity index (χ4v) is 0.273. The minimum Gasteiger partial charge on any atom is -0.368 e. The number of aliphatic hydroxyl groups excluding tert-OH is 1. The van der Waals surface area contributed by atoms with Crippen LogP contribution in [-0.4, -0.2) is 17.5 Å². The van der Waals surface area contributed by atoms with Gasteiger partial charge >= 0.3 is 0 Å². The standard InChI is InChI=1S/C3H7ClO2/c1-3(5)6-2-4/h3,5H,2H2,1H3. The number of ether oxygens (including phenoxy) is 1. The van der Waals surface area contributed by atoms with Gasteiger partial charge in [0.25, 0.3) is 0 Å². The number of rotatable bonds is 2. The predicted molar refractivity (Wildman–Crippen MR) is 23.5 cm³/mol. The Balaban J connectivity index is 2.63. The molecular weight excluding hydrogens is 103 g/mol. The summed E-state index contributed by atoms with van der Waals surface area (Å²) in [5, 5.41) is 8.25. The summed E-state index contributed by atoms with van der Waals surface area (Å²) in [5.74, 6) is 0. The van der Waals surface area contributed by atoms with Crippen LogP contribution in [0.15, 0.2) is 0 Å². The predicted octanol–water partition coefficient (Wildman–Crippen LogP) is 0.538. The lowest BCUT2D eigenvalue weighted by Gasteiger charge is -1.98. The van der Waals surface area contributed by atoms with Gasteiger partial charge in [-0.2, -0.15) is 0 Å². The average Bonchev–Trinajstić information content (AvgIpc) is 1.35. The fraction of sp³-hybridized carbons (Fsp3) is 1.00. The topological polar surface area (TPSA) is 29.5 Å². The van der Waals surface area contributed by atoms with Crippen molar-refractivity contribution >= 4 is 11.6 Å². The molecule has 0 amide bonds. The van der Waals surface area contributed by atoms with Gasteiger partial charge in [-0.15, -0.1) is 0 Å². The van der Waals surface area contributed by atoms with Crippen molar-refractivity contribution in [1.29, 1.82) is 0 Å². The van der Waals surface area contributed by atoms with Gasteiger partial charge in [-0.1, -0.05) is 11.6 Å². The van der Waals surface area contributed by atoms with Crippen molar-refractivity contribution in [3.05, 3.63) is 0 Å².